The first-order valence-electron chi connectivity index (χ1n) is 11.7. The quantitative estimate of drug-likeness (QED) is 0.432. The van der Waals surface area contributed by atoms with E-state index in [1.54, 1.807) is 13.2 Å². The summed E-state index contributed by atoms with van der Waals surface area (Å²) in [6, 6.07) is 9.20. The number of pyridine rings is 1. The molecule has 35 heavy (non-hydrogen) atoms. The van der Waals surface area contributed by atoms with Crippen LogP contribution in [0.4, 0.5) is 0 Å². The lowest BCUT2D eigenvalue weighted by atomic mass is 10.0. The molecule has 3 aromatic heterocycles. The van der Waals surface area contributed by atoms with Gasteiger partial charge in [-0.2, -0.15) is 0 Å². The average molecular weight is 511 g/mol. The Balaban J connectivity index is 1.58. The summed E-state index contributed by atoms with van der Waals surface area (Å²) in [5, 5.41) is 4.08. The number of rotatable bonds is 5. The number of benzene rings is 1. The van der Waals surface area contributed by atoms with Gasteiger partial charge >= 0.3 is 5.69 Å². The number of nitrogens with one attached hydrogen (secondary N) is 1. The van der Waals surface area contributed by atoms with E-state index < -0.39 is 0 Å². The molecule has 1 N–H and O–H groups in total. The van der Waals surface area contributed by atoms with Crippen LogP contribution in [-0.2, 0) is 13.6 Å². The second kappa shape index (κ2) is 9.97. The van der Waals surface area contributed by atoms with Crippen molar-refractivity contribution in [3.63, 3.8) is 0 Å². The Hall–Kier alpha value is -2.94. The van der Waals surface area contributed by atoms with Gasteiger partial charge in [-0.05, 0) is 69.1 Å². The molecule has 1 aliphatic rings. The first kappa shape index (κ1) is 23.8. The smallest absolute Gasteiger partial charge is 0.331 e. The molecule has 4 heterocycles. The SMILES string of the molecule is Cc1cc(Cl)cc(-c2ccnc3cc(Cn4c(=O)ccn(C)c4=O)sc23)c1OC1CCCNCC1. The van der Waals surface area contributed by atoms with Crippen molar-refractivity contribution < 1.29 is 4.74 Å². The number of halogens is 1. The third-order valence-electron chi connectivity index (χ3n) is 6.35. The predicted molar refractivity (Wildman–Crippen MR) is 141 cm³/mol. The molecule has 1 aromatic carbocycles. The minimum absolute atomic E-state index is 0.140. The van der Waals surface area contributed by atoms with E-state index in [2.05, 4.69) is 10.3 Å². The molecule has 1 atom stereocenters. The van der Waals surface area contributed by atoms with E-state index in [9.17, 15) is 9.59 Å². The van der Waals surface area contributed by atoms with Gasteiger partial charge in [-0.1, -0.05) is 11.6 Å². The van der Waals surface area contributed by atoms with Crippen molar-refractivity contribution >= 4 is 33.2 Å². The highest BCUT2D eigenvalue weighted by molar-refractivity contribution is 7.19. The van der Waals surface area contributed by atoms with Crippen molar-refractivity contribution in [2.75, 3.05) is 13.1 Å². The Kier molecular flexibility index (Phi) is 6.77. The molecule has 182 valence electrons. The van der Waals surface area contributed by atoms with Gasteiger partial charge in [0.1, 0.15) is 11.9 Å². The third kappa shape index (κ3) is 4.91. The standard InChI is InChI=1S/C26H27ClN4O3S/c1-16-12-17(27)13-21(24(16)34-18-4-3-8-28-9-5-18)20-6-10-29-22-14-19(35-25(20)22)15-31-23(32)7-11-30(2)26(31)33/h6-7,10-14,18,28H,3-5,8-9,15H2,1-2H3. The molecule has 0 radical (unpaired) electrons. The van der Waals surface area contributed by atoms with Gasteiger partial charge in [-0.25, -0.2) is 4.79 Å². The topological polar surface area (TPSA) is 78.2 Å². The maximum absolute atomic E-state index is 12.5. The van der Waals surface area contributed by atoms with E-state index in [0.717, 1.165) is 69.9 Å². The van der Waals surface area contributed by atoms with Crippen LogP contribution in [0.15, 0.2) is 52.3 Å². The predicted octanol–water partition coefficient (Wildman–Crippen LogP) is 4.35. The molecule has 9 heteroatoms. The van der Waals surface area contributed by atoms with Crippen molar-refractivity contribution in [3.05, 3.63) is 79.0 Å². The van der Waals surface area contributed by atoms with Crippen LogP contribution in [-0.4, -0.2) is 33.3 Å². The van der Waals surface area contributed by atoms with E-state index in [1.165, 1.54) is 32.7 Å². The molecule has 0 amide bonds. The highest BCUT2D eigenvalue weighted by atomic mass is 35.5. The summed E-state index contributed by atoms with van der Waals surface area (Å²) in [7, 11) is 1.64. The largest absolute Gasteiger partial charge is 0.489 e. The zero-order valence-corrected chi connectivity index (χ0v) is 21.3. The number of aromatic nitrogens is 3. The Bertz CT molecular complexity index is 1500. The number of fused-ring (bicyclic) bond motifs is 1. The zero-order chi connectivity index (χ0) is 24.5. The highest BCUT2D eigenvalue weighted by Crippen LogP contribution is 2.42. The fourth-order valence-electron chi connectivity index (χ4n) is 4.55. The van der Waals surface area contributed by atoms with Crippen molar-refractivity contribution in [2.45, 2.75) is 38.8 Å². The normalized spacial score (nSPS) is 16.4. The lowest BCUT2D eigenvalue weighted by molar-refractivity contribution is 0.187. The van der Waals surface area contributed by atoms with Crippen LogP contribution in [0.1, 0.15) is 29.7 Å². The van der Waals surface area contributed by atoms with Gasteiger partial charge in [-0.3, -0.25) is 14.3 Å². The summed E-state index contributed by atoms with van der Waals surface area (Å²) < 4.78 is 10.2. The van der Waals surface area contributed by atoms with Crippen molar-refractivity contribution in [2.24, 2.45) is 7.05 Å². The number of ether oxygens (including phenoxy) is 1. The van der Waals surface area contributed by atoms with Crippen LogP contribution >= 0.6 is 22.9 Å². The number of aryl methyl sites for hydroxylation is 2. The van der Waals surface area contributed by atoms with Crippen LogP contribution in [0.5, 0.6) is 5.75 Å². The molecule has 0 saturated carbocycles. The van der Waals surface area contributed by atoms with Gasteiger partial charge in [0.2, 0.25) is 0 Å². The van der Waals surface area contributed by atoms with Gasteiger partial charge in [-0.15, -0.1) is 11.3 Å². The molecule has 1 saturated heterocycles. The number of nitrogens with zero attached hydrogens (tertiary/aromatic N) is 3. The number of thiophene rings is 1. The molecular formula is C26H27ClN4O3S. The maximum Gasteiger partial charge on any atom is 0.331 e. The minimum Gasteiger partial charge on any atom is -0.489 e. The Morgan fingerprint density at radius 1 is 1.17 bits per heavy atom. The molecule has 4 aromatic rings. The van der Waals surface area contributed by atoms with E-state index in [0.29, 0.717) is 5.02 Å². The van der Waals surface area contributed by atoms with Crippen molar-refractivity contribution in [3.8, 4) is 16.9 Å². The Morgan fingerprint density at radius 2 is 2.03 bits per heavy atom. The minimum atomic E-state index is -0.345. The summed E-state index contributed by atoms with van der Waals surface area (Å²) in [5.41, 5.74) is 3.05. The molecule has 0 spiro atoms. The Morgan fingerprint density at radius 3 is 2.89 bits per heavy atom. The van der Waals surface area contributed by atoms with Crippen LogP contribution in [0.25, 0.3) is 21.3 Å². The fourth-order valence-corrected chi connectivity index (χ4v) is 5.95. The average Bonchev–Trinajstić information content (AvgIpc) is 3.07. The van der Waals surface area contributed by atoms with Crippen molar-refractivity contribution in [1.82, 2.24) is 19.4 Å². The number of hydrogen-bond acceptors (Lipinski definition) is 6. The third-order valence-corrected chi connectivity index (χ3v) is 7.71. The lowest BCUT2D eigenvalue weighted by Crippen LogP contribution is -2.37. The second-order valence-corrected chi connectivity index (χ2v) is 10.5. The van der Waals surface area contributed by atoms with Crippen LogP contribution in [0.3, 0.4) is 0 Å². The summed E-state index contributed by atoms with van der Waals surface area (Å²) in [4.78, 5) is 30.3. The second-order valence-electron chi connectivity index (χ2n) is 8.94. The summed E-state index contributed by atoms with van der Waals surface area (Å²) >= 11 is 8.03. The first-order chi connectivity index (χ1) is 16.9. The molecule has 0 bridgehead atoms. The molecule has 1 fully saturated rings. The summed E-state index contributed by atoms with van der Waals surface area (Å²) in [6.45, 7) is 4.18. The summed E-state index contributed by atoms with van der Waals surface area (Å²) in [5.74, 6) is 0.844. The van der Waals surface area contributed by atoms with Crippen LogP contribution < -0.4 is 21.3 Å². The fraction of sp³-hybridized carbons (Fsp3) is 0.346. The highest BCUT2D eigenvalue weighted by Gasteiger charge is 2.20. The molecule has 7 nitrogen and oxygen atoms in total. The van der Waals surface area contributed by atoms with Crippen LogP contribution in [0, 0.1) is 6.92 Å². The zero-order valence-electron chi connectivity index (χ0n) is 19.7. The Labute approximate surface area is 212 Å². The lowest BCUT2D eigenvalue weighted by Gasteiger charge is -2.22. The van der Waals surface area contributed by atoms with Gasteiger partial charge in [0.15, 0.2) is 0 Å². The van der Waals surface area contributed by atoms with E-state index >= 15 is 0 Å². The van der Waals surface area contributed by atoms with Gasteiger partial charge < -0.3 is 14.6 Å². The van der Waals surface area contributed by atoms with Gasteiger partial charge in [0, 0.05) is 46.5 Å². The molecular weight excluding hydrogens is 484 g/mol. The van der Waals surface area contributed by atoms with Crippen LogP contribution in [0.2, 0.25) is 5.02 Å². The molecule has 1 unspecified atom stereocenters. The van der Waals surface area contributed by atoms with E-state index in [4.69, 9.17) is 16.3 Å². The molecule has 0 aliphatic carbocycles. The van der Waals surface area contributed by atoms with Crippen molar-refractivity contribution in [1.29, 1.82) is 0 Å². The van der Waals surface area contributed by atoms with Gasteiger partial charge in [0.05, 0.1) is 16.8 Å². The van der Waals surface area contributed by atoms with Gasteiger partial charge in [0.25, 0.3) is 5.56 Å². The van der Waals surface area contributed by atoms with E-state index in [-0.39, 0.29) is 23.9 Å². The molecule has 1 aliphatic heterocycles. The maximum atomic E-state index is 12.5. The molecule has 5 rings (SSSR count). The van der Waals surface area contributed by atoms with E-state index in [1.807, 2.05) is 31.2 Å². The monoisotopic (exact) mass is 510 g/mol. The first-order valence-corrected chi connectivity index (χ1v) is 12.9. The number of hydrogen-bond donors (Lipinski definition) is 1. The summed E-state index contributed by atoms with van der Waals surface area (Å²) in [6.07, 6.45) is 6.44.